The molecule has 1 heterocycles. The van der Waals surface area contributed by atoms with Gasteiger partial charge in [0, 0.05) is 18.7 Å². The fourth-order valence-electron chi connectivity index (χ4n) is 3.53. The first kappa shape index (κ1) is 11.3. The number of rotatable bonds is 2. The third-order valence-corrected chi connectivity index (χ3v) is 4.66. The Bertz CT molecular complexity index is 402. The summed E-state index contributed by atoms with van der Waals surface area (Å²) in [6.07, 6.45) is 8.94. The average Bonchev–Trinajstić information content (AvgIpc) is 2.97. The summed E-state index contributed by atoms with van der Waals surface area (Å²) in [6.45, 7) is 0.823. The molecular weight excluding hydrogens is 210 g/mol. The van der Waals surface area contributed by atoms with Crippen molar-refractivity contribution < 1.29 is 0 Å². The predicted octanol–water partition coefficient (Wildman–Crippen LogP) is 2.14. The first-order valence-electron chi connectivity index (χ1n) is 7.04. The summed E-state index contributed by atoms with van der Waals surface area (Å²) < 4.78 is 2.38. The summed E-state index contributed by atoms with van der Waals surface area (Å²) >= 11 is 0. The van der Waals surface area contributed by atoms with Gasteiger partial charge in [-0.05, 0) is 44.6 Å². The van der Waals surface area contributed by atoms with Crippen LogP contribution in [-0.4, -0.2) is 16.1 Å². The fraction of sp³-hybridized carbons (Fsp3) is 0.786. The van der Waals surface area contributed by atoms with Crippen LogP contribution in [-0.2, 0) is 19.9 Å². The maximum atomic E-state index is 5.81. The van der Waals surface area contributed by atoms with Crippen molar-refractivity contribution in [2.75, 3.05) is 6.54 Å². The Morgan fingerprint density at radius 2 is 2.06 bits per heavy atom. The van der Waals surface area contributed by atoms with Gasteiger partial charge in [0.15, 0.2) is 0 Å². The molecule has 0 bridgehead atoms. The van der Waals surface area contributed by atoms with Crippen LogP contribution in [0.4, 0.5) is 0 Å². The van der Waals surface area contributed by atoms with E-state index in [1.807, 2.05) is 0 Å². The molecule has 0 saturated heterocycles. The highest BCUT2D eigenvalue weighted by Crippen LogP contribution is 2.35. The standard InChI is InChI=1S/C14H23N3/c1-17-13-8-10(9-15)6-7-12(13)16-14(17)11-4-2-3-5-11/h10-11H,2-9,15H2,1H3. The van der Waals surface area contributed by atoms with Crippen LogP contribution in [0.5, 0.6) is 0 Å². The van der Waals surface area contributed by atoms with Crippen LogP contribution in [0.3, 0.4) is 0 Å². The summed E-state index contributed by atoms with van der Waals surface area (Å²) in [4.78, 5) is 4.92. The van der Waals surface area contributed by atoms with Gasteiger partial charge < -0.3 is 10.3 Å². The van der Waals surface area contributed by atoms with Gasteiger partial charge in [-0.15, -0.1) is 0 Å². The Balaban J connectivity index is 1.90. The van der Waals surface area contributed by atoms with E-state index >= 15 is 0 Å². The number of hydrogen-bond donors (Lipinski definition) is 1. The number of nitrogens with two attached hydrogens (primary N) is 1. The molecule has 0 aliphatic heterocycles. The van der Waals surface area contributed by atoms with E-state index in [9.17, 15) is 0 Å². The minimum atomic E-state index is 0.675. The van der Waals surface area contributed by atoms with E-state index in [-0.39, 0.29) is 0 Å². The minimum absolute atomic E-state index is 0.675. The van der Waals surface area contributed by atoms with Gasteiger partial charge in [-0.1, -0.05) is 12.8 Å². The van der Waals surface area contributed by atoms with E-state index in [2.05, 4.69) is 11.6 Å². The van der Waals surface area contributed by atoms with E-state index in [1.54, 1.807) is 0 Å². The van der Waals surface area contributed by atoms with Crippen molar-refractivity contribution >= 4 is 0 Å². The molecule has 2 aliphatic rings. The number of fused-ring (bicyclic) bond motifs is 1. The van der Waals surface area contributed by atoms with Gasteiger partial charge >= 0.3 is 0 Å². The van der Waals surface area contributed by atoms with Crippen LogP contribution < -0.4 is 5.73 Å². The van der Waals surface area contributed by atoms with Gasteiger partial charge in [-0.25, -0.2) is 4.98 Å². The smallest absolute Gasteiger partial charge is 0.112 e. The Kier molecular flexibility index (Phi) is 2.95. The SMILES string of the molecule is Cn1c(C2CCCC2)nc2c1CC(CN)CC2. The van der Waals surface area contributed by atoms with E-state index < -0.39 is 0 Å². The largest absolute Gasteiger partial charge is 0.335 e. The molecule has 1 atom stereocenters. The van der Waals surface area contributed by atoms with Crippen LogP contribution in [0, 0.1) is 5.92 Å². The van der Waals surface area contributed by atoms with E-state index in [0.717, 1.165) is 25.3 Å². The van der Waals surface area contributed by atoms with Crippen molar-refractivity contribution in [1.82, 2.24) is 9.55 Å². The third-order valence-electron chi connectivity index (χ3n) is 4.66. The van der Waals surface area contributed by atoms with Crippen molar-refractivity contribution in [3.63, 3.8) is 0 Å². The molecular formula is C14H23N3. The zero-order valence-electron chi connectivity index (χ0n) is 10.8. The lowest BCUT2D eigenvalue weighted by atomic mass is 9.90. The molecule has 1 unspecified atom stereocenters. The highest BCUT2D eigenvalue weighted by Gasteiger charge is 2.27. The van der Waals surface area contributed by atoms with E-state index in [4.69, 9.17) is 10.7 Å². The lowest BCUT2D eigenvalue weighted by Crippen LogP contribution is -2.23. The first-order valence-corrected chi connectivity index (χ1v) is 7.04. The molecule has 3 nitrogen and oxygen atoms in total. The molecule has 3 rings (SSSR count). The second-order valence-electron chi connectivity index (χ2n) is 5.75. The molecule has 0 amide bonds. The topological polar surface area (TPSA) is 43.8 Å². The summed E-state index contributed by atoms with van der Waals surface area (Å²) in [5.74, 6) is 2.75. The second-order valence-corrected chi connectivity index (χ2v) is 5.75. The van der Waals surface area contributed by atoms with E-state index in [1.165, 1.54) is 49.3 Å². The number of aromatic nitrogens is 2. The molecule has 94 valence electrons. The highest BCUT2D eigenvalue weighted by atomic mass is 15.1. The highest BCUT2D eigenvalue weighted by molar-refractivity contribution is 5.23. The van der Waals surface area contributed by atoms with Crippen molar-refractivity contribution in [3.05, 3.63) is 17.2 Å². The Morgan fingerprint density at radius 1 is 1.29 bits per heavy atom. The summed E-state index contributed by atoms with van der Waals surface area (Å²) in [7, 11) is 2.21. The third kappa shape index (κ3) is 1.90. The molecule has 0 aromatic carbocycles. The first-order chi connectivity index (χ1) is 8.29. The zero-order chi connectivity index (χ0) is 11.8. The van der Waals surface area contributed by atoms with Gasteiger partial charge in [0.25, 0.3) is 0 Å². The van der Waals surface area contributed by atoms with Gasteiger partial charge in [-0.2, -0.15) is 0 Å². The number of imidazole rings is 1. The lowest BCUT2D eigenvalue weighted by Gasteiger charge is -2.21. The molecule has 3 heteroatoms. The quantitative estimate of drug-likeness (QED) is 0.850. The maximum Gasteiger partial charge on any atom is 0.112 e. The van der Waals surface area contributed by atoms with Crippen LogP contribution >= 0.6 is 0 Å². The second kappa shape index (κ2) is 4.45. The maximum absolute atomic E-state index is 5.81. The van der Waals surface area contributed by atoms with Crippen LogP contribution in [0.2, 0.25) is 0 Å². The average molecular weight is 233 g/mol. The lowest BCUT2D eigenvalue weighted by molar-refractivity contribution is 0.452. The minimum Gasteiger partial charge on any atom is -0.335 e. The molecule has 2 aliphatic carbocycles. The van der Waals surface area contributed by atoms with Crippen molar-refractivity contribution in [2.24, 2.45) is 18.7 Å². The predicted molar refractivity (Wildman–Crippen MR) is 69.0 cm³/mol. The Hall–Kier alpha value is -0.830. The molecule has 1 aromatic heterocycles. The van der Waals surface area contributed by atoms with Crippen LogP contribution in [0.15, 0.2) is 0 Å². The Morgan fingerprint density at radius 3 is 2.76 bits per heavy atom. The van der Waals surface area contributed by atoms with E-state index in [0.29, 0.717) is 5.92 Å². The number of aryl methyl sites for hydroxylation is 1. The molecule has 0 spiro atoms. The van der Waals surface area contributed by atoms with Crippen LogP contribution in [0.25, 0.3) is 0 Å². The van der Waals surface area contributed by atoms with Crippen molar-refractivity contribution in [2.45, 2.75) is 50.9 Å². The Labute approximate surface area is 103 Å². The zero-order valence-corrected chi connectivity index (χ0v) is 10.8. The fourth-order valence-corrected chi connectivity index (χ4v) is 3.53. The molecule has 1 saturated carbocycles. The van der Waals surface area contributed by atoms with Gasteiger partial charge in [0.2, 0.25) is 0 Å². The number of nitrogens with zero attached hydrogens (tertiary/aromatic N) is 2. The van der Waals surface area contributed by atoms with Crippen LogP contribution in [0.1, 0.15) is 55.2 Å². The number of hydrogen-bond acceptors (Lipinski definition) is 2. The summed E-state index contributed by atoms with van der Waals surface area (Å²) in [6, 6.07) is 0. The normalized spacial score (nSPS) is 25.2. The monoisotopic (exact) mass is 233 g/mol. The molecule has 1 fully saturated rings. The summed E-state index contributed by atoms with van der Waals surface area (Å²) in [5, 5.41) is 0. The molecule has 1 aromatic rings. The molecule has 2 N–H and O–H groups in total. The van der Waals surface area contributed by atoms with Gasteiger partial charge in [0.05, 0.1) is 5.69 Å². The van der Waals surface area contributed by atoms with Crippen molar-refractivity contribution in [1.29, 1.82) is 0 Å². The van der Waals surface area contributed by atoms with Crippen molar-refractivity contribution in [3.8, 4) is 0 Å². The molecule has 0 radical (unpaired) electrons. The summed E-state index contributed by atoms with van der Waals surface area (Å²) in [5.41, 5.74) is 8.64. The molecule has 17 heavy (non-hydrogen) atoms. The van der Waals surface area contributed by atoms with Gasteiger partial charge in [-0.3, -0.25) is 0 Å². The van der Waals surface area contributed by atoms with Gasteiger partial charge in [0.1, 0.15) is 5.82 Å².